The summed E-state index contributed by atoms with van der Waals surface area (Å²) in [6.45, 7) is 0.839. The highest BCUT2D eigenvalue weighted by atomic mass is 79.9. The average molecular weight is 303 g/mol. The van der Waals surface area contributed by atoms with Gasteiger partial charge in [0.05, 0.1) is 5.69 Å². The van der Waals surface area contributed by atoms with Gasteiger partial charge >= 0.3 is 0 Å². The molecule has 0 saturated heterocycles. The van der Waals surface area contributed by atoms with E-state index in [1.54, 1.807) is 0 Å². The maximum atomic E-state index is 4.38. The van der Waals surface area contributed by atoms with Gasteiger partial charge in [0.1, 0.15) is 0 Å². The normalized spacial score (nSPS) is 14.7. The van der Waals surface area contributed by atoms with E-state index >= 15 is 0 Å². The predicted molar refractivity (Wildman–Crippen MR) is 76.4 cm³/mol. The molecule has 0 amide bonds. The molecule has 0 aliphatic heterocycles. The lowest BCUT2D eigenvalue weighted by molar-refractivity contribution is 0.528. The zero-order chi connectivity index (χ0) is 12.4. The lowest BCUT2D eigenvalue weighted by atomic mass is 10.1. The van der Waals surface area contributed by atoms with Crippen LogP contribution in [0, 0.1) is 0 Å². The smallest absolute Gasteiger partial charge is 0.0542 e. The van der Waals surface area contributed by atoms with Gasteiger partial charge in [-0.25, -0.2) is 0 Å². The summed E-state index contributed by atoms with van der Waals surface area (Å²) in [4.78, 5) is 4.38. The first-order valence-electron chi connectivity index (χ1n) is 6.22. The maximum Gasteiger partial charge on any atom is 0.0542 e. The maximum absolute atomic E-state index is 4.38. The molecule has 2 aromatic rings. The van der Waals surface area contributed by atoms with E-state index < -0.39 is 0 Å². The van der Waals surface area contributed by atoms with Crippen LogP contribution in [0.5, 0.6) is 0 Å². The number of nitrogens with zero attached hydrogens (tertiary/aromatic N) is 1. The molecule has 0 fully saturated rings. The topological polar surface area (TPSA) is 24.9 Å². The molecule has 0 spiro atoms. The molecule has 0 atom stereocenters. The minimum Gasteiger partial charge on any atom is -0.308 e. The highest BCUT2D eigenvalue weighted by molar-refractivity contribution is 9.10. The highest BCUT2D eigenvalue weighted by Crippen LogP contribution is 2.21. The van der Waals surface area contributed by atoms with Gasteiger partial charge in [0.25, 0.3) is 0 Å². The Morgan fingerprint density at radius 2 is 1.83 bits per heavy atom. The van der Waals surface area contributed by atoms with Crippen LogP contribution in [-0.4, -0.2) is 11.0 Å². The monoisotopic (exact) mass is 302 g/mol. The number of halogens is 1. The van der Waals surface area contributed by atoms with Gasteiger partial charge in [0.2, 0.25) is 0 Å². The standard InChI is InChI=1S/C15H15BrN2/c16-13-5-6-14(17-9-13)10-18-15-7-11-3-1-2-4-12(11)8-15/h1-6,9,15,18H,7-8,10H2. The van der Waals surface area contributed by atoms with Crippen molar-refractivity contribution in [1.29, 1.82) is 0 Å². The first-order valence-corrected chi connectivity index (χ1v) is 7.01. The Labute approximate surface area is 116 Å². The number of pyridine rings is 1. The molecule has 1 aliphatic rings. The van der Waals surface area contributed by atoms with E-state index in [1.807, 2.05) is 12.3 Å². The number of hydrogen-bond acceptors (Lipinski definition) is 2. The SMILES string of the molecule is Brc1ccc(CNC2Cc3ccccc3C2)nc1. The largest absolute Gasteiger partial charge is 0.308 e. The molecule has 1 aliphatic carbocycles. The molecule has 0 unspecified atom stereocenters. The van der Waals surface area contributed by atoms with Crippen LogP contribution in [0.15, 0.2) is 47.1 Å². The Balaban J connectivity index is 1.58. The fourth-order valence-corrected chi connectivity index (χ4v) is 2.70. The van der Waals surface area contributed by atoms with E-state index in [9.17, 15) is 0 Å². The van der Waals surface area contributed by atoms with Crippen LogP contribution in [0.3, 0.4) is 0 Å². The fraction of sp³-hybridized carbons (Fsp3) is 0.267. The molecule has 1 aromatic carbocycles. The lowest BCUT2D eigenvalue weighted by Gasteiger charge is -2.11. The number of nitrogens with one attached hydrogen (secondary N) is 1. The molecular weight excluding hydrogens is 288 g/mol. The summed E-state index contributed by atoms with van der Waals surface area (Å²) < 4.78 is 1.03. The minimum absolute atomic E-state index is 0.549. The van der Waals surface area contributed by atoms with Crippen molar-refractivity contribution in [3.8, 4) is 0 Å². The Morgan fingerprint density at radius 3 is 2.44 bits per heavy atom. The van der Waals surface area contributed by atoms with Crippen LogP contribution in [0.1, 0.15) is 16.8 Å². The van der Waals surface area contributed by atoms with Crippen LogP contribution in [-0.2, 0) is 19.4 Å². The molecule has 92 valence electrons. The molecule has 18 heavy (non-hydrogen) atoms. The third kappa shape index (κ3) is 2.62. The van der Waals surface area contributed by atoms with Gasteiger partial charge in [-0.15, -0.1) is 0 Å². The van der Waals surface area contributed by atoms with E-state index in [0.29, 0.717) is 6.04 Å². The van der Waals surface area contributed by atoms with Crippen molar-refractivity contribution >= 4 is 15.9 Å². The summed E-state index contributed by atoms with van der Waals surface area (Å²) >= 11 is 3.40. The third-order valence-electron chi connectivity index (χ3n) is 3.41. The van der Waals surface area contributed by atoms with E-state index in [1.165, 1.54) is 11.1 Å². The third-order valence-corrected chi connectivity index (χ3v) is 3.88. The van der Waals surface area contributed by atoms with Gasteiger partial charge in [-0.1, -0.05) is 24.3 Å². The highest BCUT2D eigenvalue weighted by Gasteiger charge is 2.20. The molecular formula is C15H15BrN2. The molecule has 3 heteroatoms. The number of aromatic nitrogens is 1. The molecule has 0 radical (unpaired) electrons. The zero-order valence-corrected chi connectivity index (χ0v) is 11.7. The van der Waals surface area contributed by atoms with Crippen molar-refractivity contribution in [3.05, 3.63) is 63.9 Å². The molecule has 1 aromatic heterocycles. The Kier molecular flexibility index (Phi) is 3.43. The van der Waals surface area contributed by atoms with Gasteiger partial charge in [-0.2, -0.15) is 0 Å². The van der Waals surface area contributed by atoms with Crippen LogP contribution in [0.4, 0.5) is 0 Å². The number of hydrogen-bond donors (Lipinski definition) is 1. The van der Waals surface area contributed by atoms with Crippen molar-refractivity contribution in [2.24, 2.45) is 0 Å². The Morgan fingerprint density at radius 1 is 1.11 bits per heavy atom. The Hall–Kier alpha value is -1.19. The van der Waals surface area contributed by atoms with E-state index in [-0.39, 0.29) is 0 Å². The quantitative estimate of drug-likeness (QED) is 0.942. The number of benzene rings is 1. The predicted octanol–water partition coefficient (Wildman–Crippen LogP) is 3.10. The molecule has 2 nitrogen and oxygen atoms in total. The van der Waals surface area contributed by atoms with Crippen LogP contribution in [0.25, 0.3) is 0 Å². The van der Waals surface area contributed by atoms with Gasteiger partial charge < -0.3 is 5.32 Å². The summed E-state index contributed by atoms with van der Waals surface area (Å²) in [5, 5.41) is 3.59. The Bertz CT molecular complexity index is 511. The van der Waals surface area contributed by atoms with Crippen LogP contribution < -0.4 is 5.32 Å². The van der Waals surface area contributed by atoms with Crippen molar-refractivity contribution < 1.29 is 0 Å². The second-order valence-electron chi connectivity index (χ2n) is 4.72. The molecule has 0 bridgehead atoms. The summed E-state index contributed by atoms with van der Waals surface area (Å²) in [6, 6.07) is 13.3. The van der Waals surface area contributed by atoms with Crippen molar-refractivity contribution in [2.75, 3.05) is 0 Å². The first kappa shape index (κ1) is 11.9. The van der Waals surface area contributed by atoms with Gasteiger partial charge in [0.15, 0.2) is 0 Å². The van der Waals surface area contributed by atoms with Crippen LogP contribution in [0.2, 0.25) is 0 Å². The molecule has 1 heterocycles. The second-order valence-corrected chi connectivity index (χ2v) is 5.64. The van der Waals surface area contributed by atoms with Crippen molar-refractivity contribution in [2.45, 2.75) is 25.4 Å². The van der Waals surface area contributed by atoms with E-state index in [0.717, 1.165) is 29.6 Å². The summed E-state index contributed by atoms with van der Waals surface area (Å²) in [5.74, 6) is 0. The second kappa shape index (κ2) is 5.21. The van der Waals surface area contributed by atoms with Crippen molar-refractivity contribution in [3.63, 3.8) is 0 Å². The first-order chi connectivity index (χ1) is 8.81. The molecule has 3 rings (SSSR count). The molecule has 0 saturated carbocycles. The number of fused-ring (bicyclic) bond motifs is 1. The lowest BCUT2D eigenvalue weighted by Crippen LogP contribution is -2.29. The fourth-order valence-electron chi connectivity index (χ4n) is 2.46. The van der Waals surface area contributed by atoms with E-state index in [2.05, 4.69) is 56.6 Å². The average Bonchev–Trinajstić information content (AvgIpc) is 2.81. The summed E-state index contributed by atoms with van der Waals surface area (Å²) in [7, 11) is 0. The van der Waals surface area contributed by atoms with E-state index in [4.69, 9.17) is 0 Å². The summed E-state index contributed by atoms with van der Waals surface area (Å²) in [6.07, 6.45) is 4.11. The number of rotatable bonds is 3. The zero-order valence-electron chi connectivity index (χ0n) is 10.1. The van der Waals surface area contributed by atoms with Gasteiger partial charge in [-0.05, 0) is 52.0 Å². The summed E-state index contributed by atoms with van der Waals surface area (Å²) in [5.41, 5.74) is 4.06. The van der Waals surface area contributed by atoms with Crippen LogP contribution >= 0.6 is 15.9 Å². The van der Waals surface area contributed by atoms with Gasteiger partial charge in [-0.3, -0.25) is 4.98 Å². The van der Waals surface area contributed by atoms with Crippen molar-refractivity contribution in [1.82, 2.24) is 10.3 Å². The van der Waals surface area contributed by atoms with Gasteiger partial charge in [0, 0.05) is 23.3 Å². The molecule has 1 N–H and O–H groups in total. The minimum atomic E-state index is 0.549.